The van der Waals surface area contributed by atoms with E-state index in [2.05, 4.69) is 4.72 Å². The molecule has 1 aliphatic carbocycles. The first-order valence-electron chi connectivity index (χ1n) is 7.24. The molecule has 7 nitrogen and oxygen atoms in total. The van der Waals surface area contributed by atoms with Crippen LogP contribution in [0.5, 0.6) is 0 Å². The molecule has 1 aliphatic rings. The van der Waals surface area contributed by atoms with Crippen molar-refractivity contribution in [3.05, 3.63) is 28.7 Å². The number of rotatable bonds is 4. The molecule has 0 aliphatic heterocycles. The predicted octanol–water partition coefficient (Wildman–Crippen LogP) is 0.959. The molecule has 1 saturated carbocycles. The van der Waals surface area contributed by atoms with E-state index in [4.69, 9.17) is 10.2 Å². The van der Waals surface area contributed by atoms with Gasteiger partial charge in [0.1, 0.15) is 0 Å². The summed E-state index contributed by atoms with van der Waals surface area (Å²) in [5.41, 5.74) is 6.51. The van der Waals surface area contributed by atoms with Crippen molar-refractivity contribution in [1.82, 2.24) is 9.29 Å². The van der Waals surface area contributed by atoms with Crippen LogP contribution < -0.4 is 16.2 Å². The van der Waals surface area contributed by atoms with E-state index in [1.54, 1.807) is 13.1 Å². The first-order chi connectivity index (χ1) is 10.4. The fourth-order valence-electron chi connectivity index (χ4n) is 3.02. The van der Waals surface area contributed by atoms with E-state index in [1.807, 2.05) is 0 Å². The lowest BCUT2D eigenvalue weighted by atomic mass is 10.1. The van der Waals surface area contributed by atoms with E-state index >= 15 is 0 Å². The first-order valence-corrected chi connectivity index (χ1v) is 8.72. The summed E-state index contributed by atoms with van der Waals surface area (Å²) in [6.45, 7) is 0.472. The third-order valence-electron chi connectivity index (χ3n) is 4.34. The molecular formula is C14H20ClN3O4S. The highest BCUT2D eigenvalue weighted by molar-refractivity contribution is 7.89. The summed E-state index contributed by atoms with van der Waals surface area (Å²) in [6, 6.07) is 4.30. The summed E-state index contributed by atoms with van der Waals surface area (Å²) in [5, 5.41) is 0. The molecule has 0 bridgehead atoms. The topological polar surface area (TPSA) is 107 Å². The van der Waals surface area contributed by atoms with Gasteiger partial charge in [-0.15, -0.1) is 12.4 Å². The fraction of sp³-hybridized carbons (Fsp3) is 0.500. The number of aromatic nitrogens is 1. The molecule has 0 radical (unpaired) electrons. The molecule has 2 aromatic rings. The Morgan fingerprint density at radius 3 is 2.83 bits per heavy atom. The van der Waals surface area contributed by atoms with E-state index in [-0.39, 0.29) is 34.8 Å². The van der Waals surface area contributed by atoms with Crippen LogP contribution >= 0.6 is 12.4 Å². The Kier molecular flexibility index (Phi) is 5.20. The van der Waals surface area contributed by atoms with Gasteiger partial charge < -0.3 is 10.2 Å². The highest BCUT2D eigenvalue weighted by Gasteiger charge is 2.30. The summed E-state index contributed by atoms with van der Waals surface area (Å²) >= 11 is 0. The third-order valence-corrected chi connectivity index (χ3v) is 5.83. The minimum absolute atomic E-state index is 0. The summed E-state index contributed by atoms with van der Waals surface area (Å²) in [7, 11) is -2.08. The molecule has 0 spiro atoms. The SMILES string of the molecule is Cl.Cn1c(=O)oc2cc(S(=O)(=O)NC3CCCC3CN)ccc21. The van der Waals surface area contributed by atoms with Gasteiger partial charge in [0, 0.05) is 19.2 Å². The van der Waals surface area contributed by atoms with Crippen molar-refractivity contribution in [3.8, 4) is 0 Å². The van der Waals surface area contributed by atoms with Crippen LogP contribution in [0.15, 0.2) is 32.3 Å². The van der Waals surface area contributed by atoms with Gasteiger partial charge >= 0.3 is 5.76 Å². The van der Waals surface area contributed by atoms with Crippen molar-refractivity contribution >= 4 is 33.5 Å². The number of sulfonamides is 1. The van der Waals surface area contributed by atoms with Crippen molar-refractivity contribution in [2.75, 3.05) is 6.54 Å². The lowest BCUT2D eigenvalue weighted by Gasteiger charge is -2.19. The second-order valence-electron chi connectivity index (χ2n) is 5.71. The summed E-state index contributed by atoms with van der Waals surface area (Å²) < 4.78 is 34.1. The average molecular weight is 362 g/mol. The van der Waals surface area contributed by atoms with Crippen LogP contribution in [0.2, 0.25) is 0 Å². The number of fused-ring (bicyclic) bond motifs is 1. The van der Waals surface area contributed by atoms with Gasteiger partial charge in [-0.25, -0.2) is 17.9 Å². The predicted molar refractivity (Wildman–Crippen MR) is 89.2 cm³/mol. The zero-order valence-electron chi connectivity index (χ0n) is 12.7. The second kappa shape index (κ2) is 6.64. The van der Waals surface area contributed by atoms with Crippen LogP contribution in [0.4, 0.5) is 0 Å². The number of oxazole rings is 1. The summed E-state index contributed by atoms with van der Waals surface area (Å²) in [6.07, 6.45) is 2.71. The molecule has 0 amide bonds. The second-order valence-corrected chi connectivity index (χ2v) is 7.42. The zero-order chi connectivity index (χ0) is 15.9. The Labute approximate surface area is 140 Å². The standard InChI is InChI=1S/C14H19N3O4S.ClH/c1-17-12-6-5-10(7-13(12)21-14(17)18)22(19,20)16-11-4-2-3-9(11)8-15;/h5-7,9,11,16H,2-4,8,15H2,1H3;1H. The van der Waals surface area contributed by atoms with Gasteiger partial charge in [-0.05, 0) is 37.4 Å². The number of nitrogens with one attached hydrogen (secondary N) is 1. The van der Waals surface area contributed by atoms with Gasteiger partial charge in [-0.1, -0.05) is 6.42 Å². The number of nitrogens with two attached hydrogens (primary N) is 1. The van der Waals surface area contributed by atoms with E-state index in [9.17, 15) is 13.2 Å². The van der Waals surface area contributed by atoms with Crippen molar-refractivity contribution in [1.29, 1.82) is 0 Å². The zero-order valence-corrected chi connectivity index (χ0v) is 14.3. The highest BCUT2D eigenvalue weighted by Crippen LogP contribution is 2.26. The molecule has 1 aromatic carbocycles. The molecule has 2 atom stereocenters. The summed E-state index contributed by atoms with van der Waals surface area (Å²) in [4.78, 5) is 11.6. The Bertz CT molecular complexity index is 859. The smallest absolute Gasteiger partial charge is 0.408 e. The van der Waals surface area contributed by atoms with E-state index in [0.717, 1.165) is 19.3 Å². The maximum Gasteiger partial charge on any atom is 0.419 e. The lowest BCUT2D eigenvalue weighted by molar-refractivity contribution is 0.453. The number of aryl methyl sites for hydroxylation is 1. The molecule has 23 heavy (non-hydrogen) atoms. The van der Waals surface area contributed by atoms with Gasteiger partial charge in [0.05, 0.1) is 10.4 Å². The van der Waals surface area contributed by atoms with Crippen LogP contribution in [0, 0.1) is 5.92 Å². The minimum Gasteiger partial charge on any atom is -0.408 e. The summed E-state index contributed by atoms with van der Waals surface area (Å²) in [5.74, 6) is -0.343. The van der Waals surface area contributed by atoms with Crippen molar-refractivity contribution < 1.29 is 12.8 Å². The average Bonchev–Trinajstić information content (AvgIpc) is 3.03. The first kappa shape index (κ1) is 18.0. The molecule has 1 heterocycles. The van der Waals surface area contributed by atoms with E-state index < -0.39 is 15.8 Å². The molecule has 3 rings (SSSR count). The van der Waals surface area contributed by atoms with Crippen LogP contribution in [0.1, 0.15) is 19.3 Å². The van der Waals surface area contributed by atoms with Crippen molar-refractivity contribution in [3.63, 3.8) is 0 Å². The monoisotopic (exact) mass is 361 g/mol. The van der Waals surface area contributed by atoms with Crippen LogP contribution in [-0.2, 0) is 17.1 Å². The van der Waals surface area contributed by atoms with Gasteiger partial charge in [0.25, 0.3) is 0 Å². The molecule has 0 saturated heterocycles. The van der Waals surface area contributed by atoms with Crippen LogP contribution in [-0.4, -0.2) is 25.6 Å². The van der Waals surface area contributed by atoms with Gasteiger partial charge in [0.2, 0.25) is 10.0 Å². The lowest BCUT2D eigenvalue weighted by Crippen LogP contribution is -2.39. The maximum absolute atomic E-state index is 12.5. The van der Waals surface area contributed by atoms with Gasteiger partial charge in [-0.2, -0.15) is 0 Å². The number of hydrogen-bond donors (Lipinski definition) is 2. The van der Waals surface area contributed by atoms with Crippen molar-refractivity contribution in [2.45, 2.75) is 30.2 Å². The van der Waals surface area contributed by atoms with Crippen molar-refractivity contribution in [2.24, 2.45) is 18.7 Å². The normalized spacial score (nSPS) is 21.5. The Morgan fingerprint density at radius 2 is 2.13 bits per heavy atom. The number of nitrogens with zero attached hydrogens (tertiary/aromatic N) is 1. The fourth-order valence-corrected chi connectivity index (χ4v) is 4.38. The Morgan fingerprint density at radius 1 is 1.39 bits per heavy atom. The molecular weight excluding hydrogens is 342 g/mol. The minimum atomic E-state index is -3.66. The molecule has 2 unspecified atom stereocenters. The quantitative estimate of drug-likeness (QED) is 0.843. The largest absolute Gasteiger partial charge is 0.419 e. The molecule has 1 fully saturated rings. The number of hydrogen-bond acceptors (Lipinski definition) is 5. The maximum atomic E-state index is 12.5. The molecule has 1 aromatic heterocycles. The van der Waals surface area contributed by atoms with Crippen LogP contribution in [0.3, 0.4) is 0 Å². The molecule has 3 N–H and O–H groups in total. The number of halogens is 1. The molecule has 9 heteroatoms. The van der Waals surface area contributed by atoms with Gasteiger partial charge in [0.15, 0.2) is 5.58 Å². The molecule has 128 valence electrons. The van der Waals surface area contributed by atoms with E-state index in [0.29, 0.717) is 12.1 Å². The van der Waals surface area contributed by atoms with Crippen LogP contribution in [0.25, 0.3) is 11.1 Å². The van der Waals surface area contributed by atoms with E-state index in [1.165, 1.54) is 16.7 Å². The highest BCUT2D eigenvalue weighted by atomic mass is 35.5. The number of benzene rings is 1. The Hall–Kier alpha value is -1.35. The van der Waals surface area contributed by atoms with Gasteiger partial charge in [-0.3, -0.25) is 4.57 Å². The Balaban J connectivity index is 0.00000192. The third kappa shape index (κ3) is 3.30.